The van der Waals surface area contributed by atoms with Crippen molar-refractivity contribution >= 4 is 17.5 Å². The first-order valence-corrected chi connectivity index (χ1v) is 12.3. The Morgan fingerprint density at radius 3 is 2.53 bits per heavy atom. The smallest absolute Gasteiger partial charge is 0.377 e. The van der Waals surface area contributed by atoms with Gasteiger partial charge >= 0.3 is 6.18 Å². The largest absolute Gasteiger partial charge is 0.411 e. The van der Waals surface area contributed by atoms with Gasteiger partial charge in [0.05, 0.1) is 25.4 Å². The monoisotopic (exact) mass is 519 g/mol. The summed E-state index contributed by atoms with van der Waals surface area (Å²) in [5, 5.41) is 9.38. The highest BCUT2D eigenvalue weighted by Crippen LogP contribution is 2.44. The number of alkyl halides is 3. The molecule has 3 aliphatic heterocycles. The van der Waals surface area contributed by atoms with Crippen LogP contribution in [-0.2, 0) is 17.8 Å². The van der Waals surface area contributed by atoms with E-state index in [9.17, 15) is 13.2 Å². The van der Waals surface area contributed by atoms with E-state index in [4.69, 9.17) is 16.3 Å². The van der Waals surface area contributed by atoms with Crippen molar-refractivity contribution < 1.29 is 17.9 Å². The Morgan fingerprint density at radius 2 is 1.86 bits per heavy atom. The maximum absolute atomic E-state index is 14.2. The zero-order valence-electron chi connectivity index (χ0n) is 19.7. The molecule has 0 aliphatic carbocycles. The molecule has 2 aromatic heterocycles. The van der Waals surface area contributed by atoms with Crippen LogP contribution < -0.4 is 4.90 Å². The number of aryl methyl sites for hydroxylation is 1. The molecular formula is C24H25ClF3N7O. The summed E-state index contributed by atoms with van der Waals surface area (Å²) < 4.78 is 49.6. The molecule has 0 N–H and O–H groups in total. The van der Waals surface area contributed by atoms with Gasteiger partial charge in [-0.1, -0.05) is 11.6 Å². The Labute approximate surface area is 211 Å². The van der Waals surface area contributed by atoms with Gasteiger partial charge in [-0.15, -0.1) is 10.2 Å². The number of hydrogen-bond acceptors (Lipinski definition) is 7. The van der Waals surface area contributed by atoms with Crippen molar-refractivity contribution in [2.75, 3.05) is 31.2 Å². The number of piperidine rings is 1. The first kappa shape index (κ1) is 23.6. The number of anilines is 1. The molecule has 36 heavy (non-hydrogen) atoms. The summed E-state index contributed by atoms with van der Waals surface area (Å²) in [7, 11) is 0. The van der Waals surface area contributed by atoms with E-state index in [1.54, 1.807) is 18.3 Å². The normalized spacial score (nSPS) is 20.4. The number of fused-ring (bicyclic) bond motifs is 3. The lowest BCUT2D eigenvalue weighted by Gasteiger charge is -2.49. The summed E-state index contributed by atoms with van der Waals surface area (Å²) in [4.78, 5) is 12.5. The van der Waals surface area contributed by atoms with Gasteiger partial charge < -0.3 is 9.64 Å². The zero-order valence-corrected chi connectivity index (χ0v) is 20.4. The number of aromatic nitrogens is 5. The minimum Gasteiger partial charge on any atom is -0.377 e. The predicted molar refractivity (Wildman–Crippen MR) is 126 cm³/mol. The van der Waals surface area contributed by atoms with Gasteiger partial charge in [0.25, 0.3) is 0 Å². The van der Waals surface area contributed by atoms with Crippen molar-refractivity contribution in [2.45, 2.75) is 50.5 Å². The van der Waals surface area contributed by atoms with Crippen molar-refractivity contribution in [3.63, 3.8) is 0 Å². The third-order valence-electron chi connectivity index (χ3n) is 7.47. The summed E-state index contributed by atoms with van der Waals surface area (Å²) in [5.41, 5.74) is 0.355. The van der Waals surface area contributed by atoms with Crippen LogP contribution in [0.5, 0.6) is 0 Å². The second kappa shape index (κ2) is 8.67. The molecule has 6 rings (SSSR count). The van der Waals surface area contributed by atoms with Crippen LogP contribution in [0.2, 0.25) is 5.02 Å². The maximum atomic E-state index is 14.2. The summed E-state index contributed by atoms with van der Waals surface area (Å²) in [5.74, 6) is 2.08. The number of hydrogen-bond donors (Lipinski definition) is 0. The molecule has 2 fully saturated rings. The van der Waals surface area contributed by atoms with Crippen molar-refractivity contribution in [1.82, 2.24) is 29.6 Å². The summed E-state index contributed by atoms with van der Waals surface area (Å²) in [6.45, 7) is 2.76. The van der Waals surface area contributed by atoms with Crippen molar-refractivity contribution in [3.8, 4) is 5.69 Å². The molecule has 0 saturated carbocycles. The first-order valence-electron chi connectivity index (χ1n) is 11.9. The first-order chi connectivity index (χ1) is 17.2. The highest BCUT2D eigenvalue weighted by atomic mass is 35.5. The van der Waals surface area contributed by atoms with E-state index in [2.05, 4.69) is 25.1 Å². The number of halogens is 4. The van der Waals surface area contributed by atoms with Crippen molar-refractivity contribution in [3.05, 3.63) is 58.4 Å². The summed E-state index contributed by atoms with van der Waals surface area (Å²) >= 11 is 6.28. The van der Waals surface area contributed by atoms with Crippen LogP contribution in [0.15, 0.2) is 30.5 Å². The molecule has 5 heterocycles. The van der Waals surface area contributed by atoms with Gasteiger partial charge in [-0.2, -0.15) is 13.2 Å². The molecule has 0 bridgehead atoms. The Morgan fingerprint density at radius 1 is 1.08 bits per heavy atom. The van der Waals surface area contributed by atoms with E-state index in [0.29, 0.717) is 22.4 Å². The molecule has 3 aliphatic rings. The van der Waals surface area contributed by atoms with Gasteiger partial charge in [0, 0.05) is 42.5 Å². The molecule has 3 aromatic rings. The molecule has 0 spiro atoms. The van der Waals surface area contributed by atoms with Crippen LogP contribution in [0.25, 0.3) is 5.69 Å². The molecule has 0 unspecified atom stereocenters. The lowest BCUT2D eigenvalue weighted by molar-refractivity contribution is -0.310. The highest BCUT2D eigenvalue weighted by Gasteiger charge is 2.63. The van der Waals surface area contributed by atoms with E-state index in [0.717, 1.165) is 43.1 Å². The maximum Gasteiger partial charge on any atom is 0.411 e. The third kappa shape index (κ3) is 3.84. The van der Waals surface area contributed by atoms with E-state index in [1.165, 1.54) is 4.90 Å². The van der Waals surface area contributed by atoms with E-state index < -0.39 is 24.9 Å². The quantitative estimate of drug-likeness (QED) is 0.517. The fourth-order valence-electron chi connectivity index (χ4n) is 5.34. The van der Waals surface area contributed by atoms with E-state index in [1.807, 2.05) is 23.6 Å². The van der Waals surface area contributed by atoms with Crippen LogP contribution >= 0.6 is 11.6 Å². The second-order valence-electron chi connectivity index (χ2n) is 9.72. The minimum absolute atomic E-state index is 0.0120. The van der Waals surface area contributed by atoms with Gasteiger partial charge in [-0.3, -0.25) is 9.47 Å². The van der Waals surface area contributed by atoms with E-state index in [-0.39, 0.29) is 19.0 Å². The standard InChI is InChI=1S/C24H25ClF3N7O/c1-15-4-7-29-22(30-15)33-8-5-16(6-9-33)21-32-31-20-12-34(23(13-36-14-23)24(26,27)28)11-17-10-18(25)2-3-19(17)35(20)21/h2-4,7,10,16H,5-6,8-9,11-14H2,1H3. The minimum atomic E-state index is -4.44. The van der Waals surface area contributed by atoms with Crippen LogP contribution in [0, 0.1) is 6.92 Å². The van der Waals surface area contributed by atoms with Gasteiger partial charge in [0.2, 0.25) is 5.95 Å². The molecular weight excluding hydrogens is 495 g/mol. The molecule has 2 saturated heterocycles. The lowest BCUT2D eigenvalue weighted by atomic mass is 9.93. The van der Waals surface area contributed by atoms with Crippen LogP contribution in [0.4, 0.5) is 19.1 Å². The van der Waals surface area contributed by atoms with Crippen LogP contribution in [0.1, 0.15) is 41.7 Å². The fourth-order valence-corrected chi connectivity index (χ4v) is 5.53. The number of benzene rings is 1. The number of rotatable bonds is 3. The van der Waals surface area contributed by atoms with Crippen LogP contribution in [0.3, 0.4) is 0 Å². The third-order valence-corrected chi connectivity index (χ3v) is 7.71. The van der Waals surface area contributed by atoms with Crippen LogP contribution in [-0.4, -0.2) is 67.7 Å². The molecule has 0 atom stereocenters. The van der Waals surface area contributed by atoms with Crippen molar-refractivity contribution in [2.24, 2.45) is 0 Å². The SMILES string of the molecule is Cc1ccnc(N2CCC(c3nnc4n3-c3ccc(Cl)cc3CN(C3(C(F)(F)F)COC3)C4)CC2)n1. The average Bonchev–Trinajstić information content (AvgIpc) is 3.14. The lowest BCUT2D eigenvalue weighted by Crippen LogP contribution is -2.69. The Balaban J connectivity index is 1.33. The van der Waals surface area contributed by atoms with Crippen molar-refractivity contribution in [1.29, 1.82) is 0 Å². The topological polar surface area (TPSA) is 72.2 Å². The molecule has 0 amide bonds. The zero-order chi connectivity index (χ0) is 25.1. The molecule has 8 nitrogen and oxygen atoms in total. The predicted octanol–water partition coefficient (Wildman–Crippen LogP) is 4.05. The molecule has 1 aromatic carbocycles. The fraction of sp³-hybridized carbons (Fsp3) is 0.500. The van der Waals surface area contributed by atoms with Gasteiger partial charge in [-0.05, 0) is 49.6 Å². The number of ether oxygens (including phenoxy) is 1. The Kier molecular flexibility index (Phi) is 5.69. The van der Waals surface area contributed by atoms with Gasteiger partial charge in [0.15, 0.2) is 11.4 Å². The molecule has 190 valence electrons. The Hall–Kier alpha value is -2.76. The highest BCUT2D eigenvalue weighted by molar-refractivity contribution is 6.30. The van der Waals surface area contributed by atoms with Gasteiger partial charge in [-0.25, -0.2) is 9.97 Å². The second-order valence-corrected chi connectivity index (χ2v) is 10.2. The molecule has 0 radical (unpaired) electrons. The van der Waals surface area contributed by atoms with Gasteiger partial charge in [0.1, 0.15) is 5.82 Å². The summed E-state index contributed by atoms with van der Waals surface area (Å²) in [6.07, 6.45) is -1.06. The van der Waals surface area contributed by atoms with E-state index >= 15 is 0 Å². The Bertz CT molecular complexity index is 1280. The number of nitrogens with zero attached hydrogens (tertiary/aromatic N) is 7. The summed E-state index contributed by atoms with van der Waals surface area (Å²) in [6, 6.07) is 7.22. The molecule has 12 heteroatoms. The average molecular weight is 520 g/mol.